The number of hydrogen-bond acceptors (Lipinski definition) is 5. The number of ether oxygens (including phenoxy) is 3. The molecule has 1 heterocycles. The van der Waals surface area contributed by atoms with Crippen LogP contribution in [0.25, 0.3) is 6.08 Å². The van der Waals surface area contributed by atoms with Crippen LogP contribution >= 0.6 is 22.6 Å². The third-order valence-corrected chi connectivity index (χ3v) is 5.41. The summed E-state index contributed by atoms with van der Waals surface area (Å²) < 4.78 is 44.9. The lowest BCUT2D eigenvalue weighted by Gasteiger charge is -2.14. The Kier molecular flexibility index (Phi) is 6.50. The Balaban J connectivity index is 1.61. The van der Waals surface area contributed by atoms with Crippen LogP contribution in [0, 0.1) is 15.2 Å². The molecule has 0 fully saturated rings. The molecule has 0 saturated carbocycles. The average molecular weight is 547 g/mol. The molecule has 32 heavy (non-hydrogen) atoms. The molecule has 0 bridgehead atoms. The lowest BCUT2D eigenvalue weighted by molar-refractivity contribution is -0.129. The van der Waals surface area contributed by atoms with E-state index in [9.17, 15) is 13.6 Å². The molecule has 4 rings (SSSR count). The van der Waals surface area contributed by atoms with E-state index < -0.39 is 11.8 Å². The molecule has 162 valence electrons. The Morgan fingerprint density at radius 3 is 2.50 bits per heavy atom. The quantitative estimate of drug-likeness (QED) is 0.233. The van der Waals surface area contributed by atoms with Gasteiger partial charge < -0.3 is 14.2 Å². The van der Waals surface area contributed by atoms with Gasteiger partial charge in [0.05, 0.1) is 16.2 Å². The van der Waals surface area contributed by atoms with Crippen molar-refractivity contribution in [1.82, 2.24) is 0 Å². The number of methoxy groups -OCH3 is 1. The summed E-state index contributed by atoms with van der Waals surface area (Å²) in [6, 6.07) is 15.7. The largest absolute Gasteiger partial charge is 0.493 e. The molecule has 0 atom stereocenters. The van der Waals surface area contributed by atoms with Gasteiger partial charge in [0, 0.05) is 5.56 Å². The van der Waals surface area contributed by atoms with Crippen molar-refractivity contribution in [2.45, 2.75) is 6.61 Å². The van der Waals surface area contributed by atoms with Crippen molar-refractivity contribution in [2.24, 2.45) is 4.99 Å². The van der Waals surface area contributed by atoms with Crippen molar-refractivity contribution in [3.05, 3.63) is 98.3 Å². The van der Waals surface area contributed by atoms with Crippen LogP contribution in [-0.4, -0.2) is 19.0 Å². The molecule has 0 aromatic heterocycles. The molecule has 5 nitrogen and oxygen atoms in total. The van der Waals surface area contributed by atoms with Crippen LogP contribution in [0.1, 0.15) is 16.7 Å². The number of carbonyl (C=O) groups is 1. The molecule has 0 amide bonds. The minimum absolute atomic E-state index is 0.0288. The first-order valence-electron chi connectivity index (χ1n) is 9.47. The number of carbonyl (C=O) groups excluding carboxylic acids is 1. The van der Waals surface area contributed by atoms with Gasteiger partial charge in [-0.1, -0.05) is 30.3 Å². The van der Waals surface area contributed by atoms with Crippen molar-refractivity contribution in [3.63, 3.8) is 0 Å². The number of nitrogens with zero attached hydrogens (tertiary/aromatic N) is 1. The monoisotopic (exact) mass is 547 g/mol. The van der Waals surface area contributed by atoms with E-state index in [4.69, 9.17) is 14.2 Å². The number of aliphatic imine (C=N–C) groups is 1. The zero-order valence-electron chi connectivity index (χ0n) is 16.8. The molecular weight excluding hydrogens is 531 g/mol. The molecule has 1 aliphatic rings. The number of esters is 1. The fourth-order valence-electron chi connectivity index (χ4n) is 3.05. The molecule has 3 aromatic rings. The summed E-state index contributed by atoms with van der Waals surface area (Å²) >= 11 is 2.07. The Morgan fingerprint density at radius 1 is 1.06 bits per heavy atom. The molecule has 0 N–H and O–H groups in total. The topological polar surface area (TPSA) is 57.1 Å². The van der Waals surface area contributed by atoms with Crippen LogP contribution in [0.3, 0.4) is 0 Å². The number of rotatable bonds is 6. The highest BCUT2D eigenvalue weighted by molar-refractivity contribution is 14.1. The van der Waals surface area contributed by atoms with Gasteiger partial charge in [-0.3, -0.25) is 0 Å². The van der Waals surface area contributed by atoms with Gasteiger partial charge in [-0.25, -0.2) is 18.6 Å². The molecule has 0 saturated heterocycles. The normalized spacial score (nSPS) is 14.3. The van der Waals surface area contributed by atoms with Gasteiger partial charge in [0.2, 0.25) is 5.90 Å². The van der Waals surface area contributed by atoms with Gasteiger partial charge >= 0.3 is 5.97 Å². The fraction of sp³-hybridized carbons (Fsp3) is 0.0833. The maximum Gasteiger partial charge on any atom is 0.363 e. The zero-order chi connectivity index (χ0) is 22.7. The van der Waals surface area contributed by atoms with E-state index >= 15 is 0 Å². The summed E-state index contributed by atoms with van der Waals surface area (Å²) in [5.41, 5.74) is 1.16. The average Bonchev–Trinajstić information content (AvgIpc) is 3.14. The van der Waals surface area contributed by atoms with Gasteiger partial charge in [-0.05, 0) is 64.6 Å². The summed E-state index contributed by atoms with van der Waals surface area (Å²) in [7, 11) is 1.48. The predicted octanol–water partition coefficient (Wildman–Crippen LogP) is 5.50. The highest BCUT2D eigenvalue weighted by Crippen LogP contribution is 2.35. The highest BCUT2D eigenvalue weighted by Gasteiger charge is 2.26. The van der Waals surface area contributed by atoms with Crippen LogP contribution in [-0.2, 0) is 16.1 Å². The lowest BCUT2D eigenvalue weighted by atomic mass is 10.1. The molecular formula is C24H16F2INO4. The first-order chi connectivity index (χ1) is 15.5. The summed E-state index contributed by atoms with van der Waals surface area (Å²) in [5.74, 6) is -0.810. The minimum Gasteiger partial charge on any atom is -0.493 e. The number of hydrogen-bond donors (Lipinski definition) is 0. The molecule has 1 aliphatic heterocycles. The van der Waals surface area contributed by atoms with E-state index in [2.05, 4.69) is 27.6 Å². The highest BCUT2D eigenvalue weighted by atomic mass is 127. The smallest absolute Gasteiger partial charge is 0.363 e. The van der Waals surface area contributed by atoms with E-state index in [0.29, 0.717) is 26.2 Å². The van der Waals surface area contributed by atoms with Gasteiger partial charge in [-0.15, -0.1) is 0 Å². The van der Waals surface area contributed by atoms with E-state index in [1.807, 2.05) is 0 Å². The molecule has 0 aliphatic carbocycles. The second kappa shape index (κ2) is 9.47. The number of benzene rings is 3. The van der Waals surface area contributed by atoms with Gasteiger partial charge in [0.25, 0.3) is 0 Å². The van der Waals surface area contributed by atoms with E-state index in [1.165, 1.54) is 37.5 Å². The second-order valence-electron chi connectivity index (χ2n) is 6.73. The van der Waals surface area contributed by atoms with Gasteiger partial charge in [0.15, 0.2) is 17.2 Å². The molecule has 0 radical (unpaired) electrons. The summed E-state index contributed by atoms with van der Waals surface area (Å²) in [6.07, 6.45) is 1.52. The van der Waals surface area contributed by atoms with Crippen molar-refractivity contribution < 1.29 is 27.8 Å². The fourth-order valence-corrected chi connectivity index (χ4v) is 3.83. The summed E-state index contributed by atoms with van der Waals surface area (Å²) in [5, 5.41) is 0. The van der Waals surface area contributed by atoms with Crippen LogP contribution < -0.4 is 9.47 Å². The molecule has 3 aromatic carbocycles. The second-order valence-corrected chi connectivity index (χ2v) is 7.89. The van der Waals surface area contributed by atoms with Crippen molar-refractivity contribution >= 4 is 40.5 Å². The van der Waals surface area contributed by atoms with Gasteiger partial charge in [0.1, 0.15) is 18.2 Å². The molecule has 0 spiro atoms. The van der Waals surface area contributed by atoms with Crippen LogP contribution in [0.2, 0.25) is 0 Å². The van der Waals surface area contributed by atoms with Crippen LogP contribution in [0.5, 0.6) is 11.5 Å². The van der Waals surface area contributed by atoms with Crippen molar-refractivity contribution in [1.29, 1.82) is 0 Å². The predicted molar refractivity (Wildman–Crippen MR) is 123 cm³/mol. The Morgan fingerprint density at radius 2 is 1.78 bits per heavy atom. The first kappa shape index (κ1) is 21.9. The summed E-state index contributed by atoms with van der Waals surface area (Å²) in [6.45, 7) is 0.0299. The van der Waals surface area contributed by atoms with Crippen molar-refractivity contribution in [2.75, 3.05) is 7.11 Å². The van der Waals surface area contributed by atoms with E-state index in [1.54, 1.807) is 36.4 Å². The third kappa shape index (κ3) is 4.64. The Bertz CT molecular complexity index is 1260. The maximum atomic E-state index is 14.0. The standard InChI is InChI=1S/C24H16F2INO4/c1-30-21-12-14(10-19(27)22(21)31-13-15-6-2-4-8-17(15)25)11-20-24(29)32-23(28-20)16-7-3-5-9-18(16)26/h2-12H,13H2,1H3/b20-11-. The van der Waals surface area contributed by atoms with Crippen LogP contribution in [0.15, 0.2) is 71.4 Å². The summed E-state index contributed by atoms with van der Waals surface area (Å²) in [4.78, 5) is 16.4. The SMILES string of the molecule is COc1cc(/C=C2\N=C(c3ccccc3F)OC2=O)cc(I)c1OCc1ccccc1F. The van der Waals surface area contributed by atoms with Crippen LogP contribution in [0.4, 0.5) is 8.78 Å². The van der Waals surface area contributed by atoms with E-state index in [0.717, 1.165) is 0 Å². The molecule has 0 unspecified atom stereocenters. The lowest BCUT2D eigenvalue weighted by Crippen LogP contribution is -2.07. The first-order valence-corrected chi connectivity index (χ1v) is 10.6. The van der Waals surface area contributed by atoms with Gasteiger partial charge in [-0.2, -0.15) is 0 Å². The Hall–Kier alpha value is -3.27. The number of halogens is 3. The maximum absolute atomic E-state index is 14.0. The third-order valence-electron chi connectivity index (χ3n) is 4.61. The number of cyclic esters (lactones) is 1. The Labute approximate surface area is 196 Å². The van der Waals surface area contributed by atoms with E-state index in [-0.39, 0.29) is 29.6 Å². The zero-order valence-corrected chi connectivity index (χ0v) is 18.9. The van der Waals surface area contributed by atoms with Crippen molar-refractivity contribution in [3.8, 4) is 11.5 Å². The minimum atomic E-state index is -0.683. The molecule has 8 heteroatoms.